The van der Waals surface area contributed by atoms with Gasteiger partial charge in [-0.15, -0.1) is 11.6 Å². The number of hydrogen-bond donors (Lipinski definition) is 0. The monoisotopic (exact) mass is 284 g/mol. The van der Waals surface area contributed by atoms with Gasteiger partial charge in [-0.05, 0) is 32.9 Å². The summed E-state index contributed by atoms with van der Waals surface area (Å²) in [5.74, 6) is 0.102. The minimum Gasteiger partial charge on any atom is -0.335 e. The highest BCUT2D eigenvalue weighted by atomic mass is 35.5. The molecule has 0 saturated heterocycles. The van der Waals surface area contributed by atoms with Crippen LogP contribution in [0.3, 0.4) is 0 Å². The number of amides is 1. The average Bonchev–Trinajstić information content (AvgIpc) is 2.36. The molecule has 0 fully saturated rings. The molecule has 104 valence electrons. The van der Waals surface area contributed by atoms with E-state index in [1.165, 1.54) is 18.2 Å². The normalized spacial score (nSPS) is 11.2. The molecule has 19 heavy (non-hydrogen) atoms. The molecule has 0 saturated carbocycles. The largest absolute Gasteiger partial charge is 0.335 e. The Morgan fingerprint density at radius 2 is 2.05 bits per heavy atom. The van der Waals surface area contributed by atoms with Gasteiger partial charge in [-0.25, -0.2) is 0 Å². The summed E-state index contributed by atoms with van der Waals surface area (Å²) in [7, 11) is 1.67. The van der Waals surface area contributed by atoms with E-state index in [-0.39, 0.29) is 11.6 Å². The molecule has 1 rings (SSSR count). The number of nitrogens with zero attached hydrogens (tertiary/aromatic N) is 2. The van der Waals surface area contributed by atoms with Gasteiger partial charge in [0.15, 0.2) is 0 Å². The first-order valence-electron chi connectivity index (χ1n) is 5.80. The lowest BCUT2D eigenvalue weighted by Crippen LogP contribution is -2.46. The fourth-order valence-corrected chi connectivity index (χ4v) is 1.73. The fraction of sp³-hybridized carbons (Fsp3) is 0.462. The molecule has 0 heterocycles. The van der Waals surface area contributed by atoms with Gasteiger partial charge < -0.3 is 4.90 Å². The zero-order valence-corrected chi connectivity index (χ0v) is 12.2. The maximum Gasteiger partial charge on any atom is 0.272 e. The Morgan fingerprint density at radius 3 is 2.47 bits per heavy atom. The smallest absolute Gasteiger partial charge is 0.272 e. The van der Waals surface area contributed by atoms with E-state index in [1.807, 2.05) is 13.8 Å². The summed E-state index contributed by atoms with van der Waals surface area (Å²) >= 11 is 5.83. The van der Waals surface area contributed by atoms with Crippen molar-refractivity contribution in [3.63, 3.8) is 0 Å². The van der Waals surface area contributed by atoms with Crippen LogP contribution >= 0.6 is 11.6 Å². The highest BCUT2D eigenvalue weighted by Crippen LogP contribution is 2.22. The summed E-state index contributed by atoms with van der Waals surface area (Å²) in [6, 6.07) is 4.35. The minimum absolute atomic E-state index is 0.0100. The quantitative estimate of drug-likeness (QED) is 0.485. The van der Waals surface area contributed by atoms with Gasteiger partial charge in [0.25, 0.3) is 11.6 Å². The second kappa shape index (κ2) is 5.57. The van der Waals surface area contributed by atoms with Crippen LogP contribution in [-0.4, -0.2) is 34.2 Å². The van der Waals surface area contributed by atoms with Crippen molar-refractivity contribution >= 4 is 23.2 Å². The summed E-state index contributed by atoms with van der Waals surface area (Å²) in [6.07, 6.45) is 0. The third kappa shape index (κ3) is 3.23. The molecule has 0 aromatic heterocycles. The average molecular weight is 285 g/mol. The standard InChI is InChI=1S/C13H17ClN2O3/c1-9-7-10(5-6-11(9)16(18)19)12(17)15(4)13(2,3)8-14/h5-7H,8H2,1-4H3. The van der Waals surface area contributed by atoms with Crippen LogP contribution in [0.2, 0.25) is 0 Å². The van der Waals surface area contributed by atoms with Gasteiger partial charge in [0, 0.05) is 30.1 Å². The number of hydrogen-bond acceptors (Lipinski definition) is 3. The topological polar surface area (TPSA) is 63.5 Å². The molecule has 0 spiro atoms. The maximum atomic E-state index is 12.3. The SMILES string of the molecule is Cc1cc(C(=O)N(C)C(C)(C)CCl)ccc1[N+](=O)[O-]. The van der Waals surface area contributed by atoms with E-state index in [2.05, 4.69) is 0 Å². The van der Waals surface area contributed by atoms with Crippen LogP contribution in [0, 0.1) is 17.0 Å². The molecular weight excluding hydrogens is 268 g/mol. The van der Waals surface area contributed by atoms with E-state index in [0.29, 0.717) is 17.0 Å². The van der Waals surface area contributed by atoms with Crippen molar-refractivity contribution in [2.45, 2.75) is 26.3 Å². The van der Waals surface area contributed by atoms with Crippen molar-refractivity contribution < 1.29 is 9.72 Å². The molecule has 1 aromatic rings. The molecule has 0 radical (unpaired) electrons. The van der Waals surface area contributed by atoms with Crippen LogP contribution in [0.15, 0.2) is 18.2 Å². The summed E-state index contributed by atoms with van der Waals surface area (Å²) < 4.78 is 0. The van der Waals surface area contributed by atoms with E-state index in [4.69, 9.17) is 11.6 Å². The Labute approximate surface area is 117 Å². The third-order valence-electron chi connectivity index (χ3n) is 3.18. The van der Waals surface area contributed by atoms with Gasteiger partial charge in [-0.1, -0.05) is 0 Å². The first-order valence-corrected chi connectivity index (χ1v) is 6.33. The number of nitro benzene ring substituents is 1. The van der Waals surface area contributed by atoms with Crippen LogP contribution in [-0.2, 0) is 0 Å². The van der Waals surface area contributed by atoms with E-state index in [1.54, 1.807) is 18.9 Å². The van der Waals surface area contributed by atoms with Crippen LogP contribution in [0.5, 0.6) is 0 Å². The van der Waals surface area contributed by atoms with Crippen molar-refractivity contribution in [2.75, 3.05) is 12.9 Å². The summed E-state index contributed by atoms with van der Waals surface area (Å²) in [5.41, 5.74) is 0.418. The lowest BCUT2D eigenvalue weighted by molar-refractivity contribution is -0.385. The van der Waals surface area contributed by atoms with E-state index < -0.39 is 10.5 Å². The number of rotatable bonds is 4. The lowest BCUT2D eigenvalue weighted by atomic mass is 10.0. The van der Waals surface area contributed by atoms with Gasteiger partial charge in [0.05, 0.1) is 10.5 Å². The first-order chi connectivity index (χ1) is 8.70. The van der Waals surface area contributed by atoms with Gasteiger partial charge in [-0.2, -0.15) is 0 Å². The zero-order valence-electron chi connectivity index (χ0n) is 11.4. The Morgan fingerprint density at radius 1 is 1.47 bits per heavy atom. The first kappa shape index (κ1) is 15.4. The molecule has 0 bridgehead atoms. The molecule has 0 N–H and O–H groups in total. The zero-order chi connectivity index (χ0) is 14.8. The second-order valence-electron chi connectivity index (χ2n) is 5.07. The predicted molar refractivity (Wildman–Crippen MR) is 74.7 cm³/mol. The van der Waals surface area contributed by atoms with Gasteiger partial charge in [-0.3, -0.25) is 14.9 Å². The summed E-state index contributed by atoms with van der Waals surface area (Å²) in [4.78, 5) is 24.1. The van der Waals surface area contributed by atoms with Crippen molar-refractivity contribution in [2.24, 2.45) is 0 Å². The Kier molecular flexibility index (Phi) is 4.52. The molecule has 1 aromatic carbocycles. The second-order valence-corrected chi connectivity index (χ2v) is 5.34. The van der Waals surface area contributed by atoms with E-state index in [0.717, 1.165) is 0 Å². The molecular formula is C13H17ClN2O3. The van der Waals surface area contributed by atoms with Crippen molar-refractivity contribution in [3.05, 3.63) is 39.4 Å². The summed E-state index contributed by atoms with van der Waals surface area (Å²) in [6.45, 7) is 5.33. The van der Waals surface area contributed by atoms with Crippen molar-refractivity contribution in [1.29, 1.82) is 0 Å². The van der Waals surface area contributed by atoms with Gasteiger partial charge in [0.2, 0.25) is 0 Å². The molecule has 6 heteroatoms. The predicted octanol–water partition coefficient (Wildman–Crippen LogP) is 2.99. The molecule has 1 amide bonds. The van der Waals surface area contributed by atoms with Gasteiger partial charge in [0.1, 0.15) is 0 Å². The van der Waals surface area contributed by atoms with E-state index >= 15 is 0 Å². The number of aryl methyl sites for hydroxylation is 1. The van der Waals surface area contributed by atoms with E-state index in [9.17, 15) is 14.9 Å². The van der Waals surface area contributed by atoms with Crippen LogP contribution in [0.4, 0.5) is 5.69 Å². The van der Waals surface area contributed by atoms with Crippen LogP contribution < -0.4 is 0 Å². The number of halogens is 1. The molecule has 0 aliphatic carbocycles. The van der Waals surface area contributed by atoms with Crippen molar-refractivity contribution in [1.82, 2.24) is 4.90 Å². The molecule has 0 aliphatic heterocycles. The van der Waals surface area contributed by atoms with Gasteiger partial charge >= 0.3 is 0 Å². The maximum absolute atomic E-state index is 12.3. The van der Waals surface area contributed by atoms with Crippen LogP contribution in [0.25, 0.3) is 0 Å². The Balaban J connectivity index is 3.08. The number of alkyl halides is 1. The molecule has 5 nitrogen and oxygen atoms in total. The molecule has 0 unspecified atom stereocenters. The highest BCUT2D eigenvalue weighted by molar-refractivity contribution is 6.18. The summed E-state index contributed by atoms with van der Waals surface area (Å²) in [5, 5.41) is 10.7. The number of benzene rings is 1. The minimum atomic E-state index is -0.478. The fourth-order valence-electron chi connectivity index (χ4n) is 1.55. The number of carbonyl (C=O) groups excluding carboxylic acids is 1. The lowest BCUT2D eigenvalue weighted by Gasteiger charge is -2.34. The Bertz CT molecular complexity index is 515. The van der Waals surface area contributed by atoms with Crippen molar-refractivity contribution in [3.8, 4) is 0 Å². The molecule has 0 atom stereocenters. The third-order valence-corrected chi connectivity index (χ3v) is 3.83. The highest BCUT2D eigenvalue weighted by Gasteiger charge is 2.28. The Hall–Kier alpha value is -1.62. The number of carbonyl (C=O) groups is 1. The van der Waals surface area contributed by atoms with Crippen LogP contribution in [0.1, 0.15) is 29.8 Å². The number of nitro groups is 1. The molecule has 0 aliphatic rings.